The molecule has 1 spiro atoms. The van der Waals surface area contributed by atoms with Crippen molar-refractivity contribution in [2.24, 2.45) is 5.92 Å². The average molecular weight is 571 g/mol. The second-order valence-electron chi connectivity index (χ2n) is 11.1. The van der Waals surface area contributed by atoms with Gasteiger partial charge in [-0.1, -0.05) is 54.6 Å². The Labute approximate surface area is 247 Å². The zero-order valence-corrected chi connectivity index (χ0v) is 23.2. The van der Waals surface area contributed by atoms with Gasteiger partial charge in [-0.05, 0) is 59.2 Å². The van der Waals surface area contributed by atoms with Gasteiger partial charge in [0, 0.05) is 17.5 Å². The summed E-state index contributed by atoms with van der Waals surface area (Å²) in [6, 6.07) is 25.6. The molecule has 4 aliphatic heterocycles. The predicted molar refractivity (Wildman–Crippen MR) is 158 cm³/mol. The number of anilines is 1. The van der Waals surface area contributed by atoms with E-state index in [4.69, 9.17) is 14.2 Å². The van der Waals surface area contributed by atoms with E-state index in [1.54, 1.807) is 42.5 Å². The lowest BCUT2D eigenvalue weighted by Gasteiger charge is -2.38. The number of methoxy groups -OCH3 is 1. The normalized spacial score (nSPS) is 23.9. The van der Waals surface area contributed by atoms with Crippen LogP contribution in [0.4, 0.5) is 5.69 Å². The van der Waals surface area contributed by atoms with Crippen LogP contribution in [0.1, 0.15) is 43.4 Å². The van der Waals surface area contributed by atoms with Crippen molar-refractivity contribution >= 4 is 29.2 Å². The summed E-state index contributed by atoms with van der Waals surface area (Å²) < 4.78 is 16.7. The molecule has 0 bridgehead atoms. The van der Waals surface area contributed by atoms with E-state index in [-0.39, 0.29) is 24.3 Å². The van der Waals surface area contributed by atoms with Gasteiger partial charge in [0.1, 0.15) is 17.2 Å². The SMILES string of the molecule is COc1ccccc1C(=O)[C@@H]1[C@H](C(=O)c2ccc3c(c2)OCO3)N2C=Cc3ccccc3[C@@H]2[C@]12C(=O)Nc1ccccc12. The molecular formula is C35H26N2O6. The fourth-order valence-electron chi connectivity index (χ4n) is 7.40. The van der Waals surface area contributed by atoms with Gasteiger partial charge < -0.3 is 24.4 Å². The van der Waals surface area contributed by atoms with Crippen molar-refractivity contribution in [3.8, 4) is 17.2 Å². The molecule has 4 aromatic rings. The average Bonchev–Trinajstić information content (AvgIpc) is 3.73. The van der Waals surface area contributed by atoms with E-state index in [1.165, 1.54) is 7.11 Å². The zero-order chi connectivity index (χ0) is 29.3. The maximum Gasteiger partial charge on any atom is 0.238 e. The highest BCUT2D eigenvalue weighted by Gasteiger charge is 2.71. The molecule has 8 rings (SSSR count). The number of hydrogen-bond acceptors (Lipinski definition) is 7. The molecule has 8 nitrogen and oxygen atoms in total. The Hall–Kier alpha value is -5.37. The van der Waals surface area contributed by atoms with E-state index in [1.807, 2.05) is 65.7 Å². The summed E-state index contributed by atoms with van der Waals surface area (Å²) in [5, 5.41) is 3.07. The van der Waals surface area contributed by atoms with Gasteiger partial charge in [0.05, 0.1) is 24.6 Å². The minimum absolute atomic E-state index is 0.0686. The lowest BCUT2D eigenvalue weighted by atomic mass is 9.62. The summed E-state index contributed by atoms with van der Waals surface area (Å²) in [6.07, 6.45) is 3.79. The Morgan fingerprint density at radius 3 is 2.56 bits per heavy atom. The number of Topliss-reactive ketones (excluding diaryl/α,β-unsaturated/α-hetero) is 2. The van der Waals surface area contributed by atoms with Crippen molar-refractivity contribution in [3.05, 3.63) is 125 Å². The Morgan fingerprint density at radius 1 is 0.907 bits per heavy atom. The van der Waals surface area contributed by atoms with Gasteiger partial charge in [0.25, 0.3) is 0 Å². The molecule has 212 valence electrons. The number of amides is 1. The van der Waals surface area contributed by atoms with E-state index in [0.29, 0.717) is 39.6 Å². The zero-order valence-electron chi connectivity index (χ0n) is 23.2. The van der Waals surface area contributed by atoms with Crippen LogP contribution < -0.4 is 19.5 Å². The Morgan fingerprint density at radius 2 is 1.67 bits per heavy atom. The first-order chi connectivity index (χ1) is 21.0. The Kier molecular flexibility index (Phi) is 5.50. The van der Waals surface area contributed by atoms with Crippen LogP contribution in [-0.4, -0.2) is 42.3 Å². The van der Waals surface area contributed by atoms with Crippen LogP contribution in [0.3, 0.4) is 0 Å². The van der Waals surface area contributed by atoms with Crippen LogP contribution >= 0.6 is 0 Å². The van der Waals surface area contributed by atoms with Crippen LogP contribution in [0, 0.1) is 5.92 Å². The summed E-state index contributed by atoms with van der Waals surface area (Å²) >= 11 is 0. The molecule has 0 aliphatic carbocycles. The number of para-hydroxylation sites is 2. The molecule has 1 saturated heterocycles. The van der Waals surface area contributed by atoms with E-state index in [2.05, 4.69) is 5.32 Å². The number of carbonyl (C=O) groups excluding carboxylic acids is 3. The first-order valence-corrected chi connectivity index (χ1v) is 14.1. The van der Waals surface area contributed by atoms with Crippen LogP contribution in [0.5, 0.6) is 17.2 Å². The number of rotatable bonds is 5. The van der Waals surface area contributed by atoms with Gasteiger partial charge >= 0.3 is 0 Å². The highest BCUT2D eigenvalue weighted by molar-refractivity contribution is 6.17. The summed E-state index contributed by atoms with van der Waals surface area (Å²) in [4.78, 5) is 46.3. The van der Waals surface area contributed by atoms with Gasteiger partial charge in [-0.25, -0.2) is 0 Å². The van der Waals surface area contributed by atoms with Crippen molar-refractivity contribution in [1.82, 2.24) is 4.90 Å². The molecule has 4 aliphatic rings. The number of nitrogens with zero attached hydrogens (tertiary/aromatic N) is 1. The molecule has 43 heavy (non-hydrogen) atoms. The van der Waals surface area contributed by atoms with E-state index in [0.717, 1.165) is 11.1 Å². The molecule has 1 fully saturated rings. The molecule has 4 aromatic carbocycles. The van der Waals surface area contributed by atoms with Gasteiger partial charge in [-0.3, -0.25) is 14.4 Å². The van der Waals surface area contributed by atoms with E-state index >= 15 is 4.79 Å². The van der Waals surface area contributed by atoms with E-state index in [9.17, 15) is 9.59 Å². The monoisotopic (exact) mass is 570 g/mol. The second kappa shape index (κ2) is 9.32. The molecule has 4 atom stereocenters. The number of carbonyl (C=O) groups is 3. The summed E-state index contributed by atoms with van der Waals surface area (Å²) in [7, 11) is 1.51. The largest absolute Gasteiger partial charge is 0.496 e. The van der Waals surface area contributed by atoms with Crippen LogP contribution in [0.15, 0.2) is 97.2 Å². The van der Waals surface area contributed by atoms with Gasteiger partial charge in [-0.2, -0.15) is 0 Å². The molecule has 4 heterocycles. The lowest BCUT2D eigenvalue weighted by molar-refractivity contribution is -0.122. The van der Waals surface area contributed by atoms with Crippen molar-refractivity contribution < 1.29 is 28.6 Å². The molecule has 0 aromatic heterocycles. The third-order valence-corrected chi connectivity index (χ3v) is 9.15. The predicted octanol–water partition coefficient (Wildman–Crippen LogP) is 5.41. The quantitative estimate of drug-likeness (QED) is 0.321. The maximum atomic E-state index is 15.0. The Bertz CT molecular complexity index is 1880. The topological polar surface area (TPSA) is 94.2 Å². The Balaban J connectivity index is 1.42. The van der Waals surface area contributed by atoms with Gasteiger partial charge in [0.2, 0.25) is 12.7 Å². The van der Waals surface area contributed by atoms with Gasteiger partial charge in [0.15, 0.2) is 23.1 Å². The fourth-order valence-corrected chi connectivity index (χ4v) is 7.40. The summed E-state index contributed by atoms with van der Waals surface area (Å²) in [5.41, 5.74) is 2.37. The molecule has 0 unspecified atom stereocenters. The fraction of sp³-hybridized carbons (Fsp3) is 0.171. The highest BCUT2D eigenvalue weighted by atomic mass is 16.7. The third-order valence-electron chi connectivity index (χ3n) is 9.15. The van der Waals surface area contributed by atoms with Crippen molar-refractivity contribution in [2.75, 3.05) is 19.2 Å². The third kappa shape index (κ3) is 3.40. The summed E-state index contributed by atoms with van der Waals surface area (Å²) in [5.74, 6) is -0.668. The molecule has 8 heteroatoms. The first-order valence-electron chi connectivity index (χ1n) is 14.1. The van der Waals surface area contributed by atoms with Crippen molar-refractivity contribution in [3.63, 3.8) is 0 Å². The second-order valence-corrected chi connectivity index (χ2v) is 11.1. The summed E-state index contributed by atoms with van der Waals surface area (Å²) in [6.45, 7) is 0.0686. The number of ether oxygens (including phenoxy) is 3. The van der Waals surface area contributed by atoms with Gasteiger partial charge in [-0.15, -0.1) is 0 Å². The minimum Gasteiger partial charge on any atom is -0.496 e. The van der Waals surface area contributed by atoms with Crippen LogP contribution in [0.2, 0.25) is 0 Å². The van der Waals surface area contributed by atoms with Crippen LogP contribution in [-0.2, 0) is 10.2 Å². The number of fused-ring (bicyclic) bond motifs is 7. The number of benzene rings is 4. The number of ketones is 2. The standard InChI is InChI=1S/C35H26N2O6/c1-41-26-13-7-4-10-23(26)32(39)29-30(31(38)21-14-15-27-28(18-21)43-19-42-27)37-17-16-20-8-2-3-9-22(20)33(37)35(29)24-11-5-6-12-25(24)36-34(35)40/h2-18,29-30,33H,19H2,1H3,(H,36,40)/t29-,30+,33+,35+/m0/s1. The number of nitrogens with one attached hydrogen (secondary N) is 1. The highest BCUT2D eigenvalue weighted by Crippen LogP contribution is 2.62. The molecular weight excluding hydrogens is 544 g/mol. The molecule has 0 saturated carbocycles. The van der Waals surface area contributed by atoms with Crippen LogP contribution in [0.25, 0.3) is 6.08 Å². The van der Waals surface area contributed by atoms with Crippen molar-refractivity contribution in [2.45, 2.75) is 17.5 Å². The maximum absolute atomic E-state index is 15.0. The number of hydrogen-bond donors (Lipinski definition) is 1. The lowest BCUT2D eigenvalue weighted by Crippen LogP contribution is -2.49. The van der Waals surface area contributed by atoms with E-state index < -0.39 is 23.4 Å². The molecule has 1 N–H and O–H groups in total. The smallest absolute Gasteiger partial charge is 0.238 e. The minimum atomic E-state index is -1.42. The molecule has 1 amide bonds. The molecule has 0 radical (unpaired) electrons. The first kappa shape index (κ1) is 25.3. The van der Waals surface area contributed by atoms with Crippen molar-refractivity contribution in [1.29, 1.82) is 0 Å².